The van der Waals surface area contributed by atoms with E-state index in [-0.39, 0.29) is 25.2 Å². The first-order valence-corrected chi connectivity index (χ1v) is 7.73. The van der Waals surface area contributed by atoms with Crippen LogP contribution in [0.4, 0.5) is 0 Å². The van der Waals surface area contributed by atoms with Gasteiger partial charge in [-0.15, -0.1) is 0 Å². The van der Waals surface area contributed by atoms with Gasteiger partial charge < -0.3 is 24.8 Å². The van der Waals surface area contributed by atoms with Crippen molar-refractivity contribution in [2.75, 3.05) is 20.4 Å². The van der Waals surface area contributed by atoms with Crippen molar-refractivity contribution in [3.63, 3.8) is 0 Å². The summed E-state index contributed by atoms with van der Waals surface area (Å²) in [5.74, 6) is 1.32. The molecule has 1 heterocycles. The number of benzene rings is 2. The van der Waals surface area contributed by atoms with Gasteiger partial charge in [0.15, 0.2) is 11.5 Å². The molecule has 0 spiro atoms. The summed E-state index contributed by atoms with van der Waals surface area (Å²) in [5.41, 5.74) is 1.32. The minimum Gasteiger partial charge on any atom is -0.497 e. The highest BCUT2D eigenvalue weighted by Crippen LogP contribution is 2.32. The highest BCUT2D eigenvalue weighted by Gasteiger charge is 2.13. The first-order chi connectivity index (χ1) is 12.2. The van der Waals surface area contributed by atoms with Gasteiger partial charge in [-0.2, -0.15) is 0 Å². The third-order valence-electron chi connectivity index (χ3n) is 3.67. The van der Waals surface area contributed by atoms with Gasteiger partial charge in [0.2, 0.25) is 12.7 Å². The molecule has 0 unspecified atom stereocenters. The number of hydrogen-bond donors (Lipinski definition) is 2. The lowest BCUT2D eigenvalue weighted by Gasteiger charge is -2.08. The highest BCUT2D eigenvalue weighted by atomic mass is 16.7. The number of carbonyl (C=O) groups excluding carboxylic acids is 2. The lowest BCUT2D eigenvalue weighted by atomic mass is 10.2. The lowest BCUT2D eigenvalue weighted by molar-refractivity contribution is -0.120. The molecule has 0 saturated carbocycles. The van der Waals surface area contributed by atoms with Crippen molar-refractivity contribution >= 4 is 11.8 Å². The third-order valence-corrected chi connectivity index (χ3v) is 3.67. The van der Waals surface area contributed by atoms with Gasteiger partial charge in [0.1, 0.15) is 5.75 Å². The smallest absolute Gasteiger partial charge is 0.251 e. The van der Waals surface area contributed by atoms with Crippen LogP contribution in [0.1, 0.15) is 15.9 Å². The molecule has 2 aromatic carbocycles. The van der Waals surface area contributed by atoms with E-state index in [9.17, 15) is 9.59 Å². The van der Waals surface area contributed by atoms with E-state index in [0.717, 1.165) is 5.56 Å². The Balaban J connectivity index is 1.47. The van der Waals surface area contributed by atoms with Crippen LogP contribution in [0.25, 0.3) is 0 Å². The van der Waals surface area contributed by atoms with Crippen LogP contribution in [0.2, 0.25) is 0 Å². The van der Waals surface area contributed by atoms with E-state index >= 15 is 0 Å². The fourth-order valence-corrected chi connectivity index (χ4v) is 2.34. The number of amides is 2. The van der Waals surface area contributed by atoms with E-state index in [0.29, 0.717) is 29.4 Å². The lowest BCUT2D eigenvalue weighted by Crippen LogP contribution is -2.36. The van der Waals surface area contributed by atoms with Gasteiger partial charge >= 0.3 is 0 Å². The van der Waals surface area contributed by atoms with Crippen molar-refractivity contribution in [1.29, 1.82) is 0 Å². The molecule has 2 amide bonds. The second kappa shape index (κ2) is 7.57. The van der Waals surface area contributed by atoms with Crippen molar-refractivity contribution in [3.8, 4) is 17.2 Å². The monoisotopic (exact) mass is 342 g/mol. The van der Waals surface area contributed by atoms with Crippen LogP contribution >= 0.6 is 0 Å². The van der Waals surface area contributed by atoms with Crippen LogP contribution in [-0.4, -0.2) is 32.3 Å². The summed E-state index contributed by atoms with van der Waals surface area (Å²) in [6.07, 6.45) is 0. The van der Waals surface area contributed by atoms with Gasteiger partial charge in [0.25, 0.3) is 5.91 Å². The Morgan fingerprint density at radius 2 is 1.92 bits per heavy atom. The molecule has 1 aliphatic heterocycles. The van der Waals surface area contributed by atoms with Crippen molar-refractivity contribution in [3.05, 3.63) is 53.6 Å². The molecule has 0 aromatic heterocycles. The van der Waals surface area contributed by atoms with E-state index < -0.39 is 0 Å². The maximum atomic E-state index is 12.0. The standard InChI is InChI=1S/C18H18N2O5/c1-23-14-4-2-3-13(8-14)18(22)20-10-17(21)19-9-12-5-6-15-16(7-12)25-11-24-15/h2-8H,9-11H2,1H3,(H,19,21)(H,20,22). The molecular formula is C18H18N2O5. The predicted octanol–water partition coefficient (Wildman–Crippen LogP) is 1.47. The first-order valence-electron chi connectivity index (χ1n) is 7.73. The highest BCUT2D eigenvalue weighted by molar-refractivity contribution is 5.96. The van der Waals surface area contributed by atoms with Gasteiger partial charge in [-0.25, -0.2) is 0 Å². The number of nitrogens with one attached hydrogen (secondary N) is 2. The summed E-state index contributed by atoms with van der Waals surface area (Å²) in [7, 11) is 1.53. The summed E-state index contributed by atoms with van der Waals surface area (Å²) in [6.45, 7) is 0.437. The van der Waals surface area contributed by atoms with E-state index in [1.54, 1.807) is 30.3 Å². The van der Waals surface area contributed by atoms with Gasteiger partial charge in [-0.1, -0.05) is 12.1 Å². The zero-order valence-electron chi connectivity index (χ0n) is 13.7. The molecule has 0 aliphatic carbocycles. The Labute approximate surface area is 144 Å². The molecule has 0 radical (unpaired) electrons. The van der Waals surface area contributed by atoms with Gasteiger partial charge in [0.05, 0.1) is 13.7 Å². The Hall–Kier alpha value is -3.22. The Morgan fingerprint density at radius 3 is 2.76 bits per heavy atom. The summed E-state index contributed by atoms with van der Waals surface area (Å²) in [6, 6.07) is 12.2. The Kier molecular flexibility index (Phi) is 5.03. The number of fused-ring (bicyclic) bond motifs is 1. The number of hydrogen-bond acceptors (Lipinski definition) is 5. The summed E-state index contributed by atoms with van der Waals surface area (Å²) in [4.78, 5) is 23.9. The second-order valence-electron chi connectivity index (χ2n) is 5.38. The van der Waals surface area contributed by atoms with Crippen LogP contribution in [0.5, 0.6) is 17.2 Å². The van der Waals surface area contributed by atoms with Crippen LogP contribution in [-0.2, 0) is 11.3 Å². The van der Waals surface area contributed by atoms with E-state index in [4.69, 9.17) is 14.2 Å². The third kappa shape index (κ3) is 4.20. The van der Waals surface area contributed by atoms with Crippen molar-refractivity contribution in [2.24, 2.45) is 0 Å². The van der Waals surface area contributed by atoms with E-state index in [2.05, 4.69) is 10.6 Å². The maximum Gasteiger partial charge on any atom is 0.251 e. The molecule has 7 nitrogen and oxygen atoms in total. The largest absolute Gasteiger partial charge is 0.497 e. The van der Waals surface area contributed by atoms with Crippen LogP contribution in [0.15, 0.2) is 42.5 Å². The molecule has 0 fully saturated rings. The topological polar surface area (TPSA) is 85.9 Å². The number of ether oxygens (including phenoxy) is 3. The van der Waals surface area contributed by atoms with Gasteiger partial charge in [0, 0.05) is 12.1 Å². The molecule has 7 heteroatoms. The zero-order chi connectivity index (χ0) is 17.6. The molecular weight excluding hydrogens is 324 g/mol. The number of carbonyl (C=O) groups is 2. The van der Waals surface area contributed by atoms with Crippen molar-refractivity contribution in [1.82, 2.24) is 10.6 Å². The number of rotatable bonds is 6. The molecule has 3 rings (SSSR count). The van der Waals surface area contributed by atoms with Gasteiger partial charge in [-0.05, 0) is 35.9 Å². The van der Waals surface area contributed by atoms with E-state index in [1.807, 2.05) is 12.1 Å². The minimum atomic E-state index is -0.336. The first kappa shape index (κ1) is 16.6. The molecule has 2 aromatic rings. The molecule has 130 valence electrons. The zero-order valence-corrected chi connectivity index (χ0v) is 13.7. The average molecular weight is 342 g/mol. The molecule has 0 saturated heterocycles. The summed E-state index contributed by atoms with van der Waals surface area (Å²) >= 11 is 0. The summed E-state index contributed by atoms with van der Waals surface area (Å²) < 4.78 is 15.6. The Bertz CT molecular complexity index is 791. The van der Waals surface area contributed by atoms with Crippen LogP contribution < -0.4 is 24.8 Å². The fourth-order valence-electron chi connectivity index (χ4n) is 2.34. The maximum absolute atomic E-state index is 12.0. The summed E-state index contributed by atoms with van der Waals surface area (Å²) in [5, 5.41) is 5.32. The molecule has 2 N–H and O–H groups in total. The quantitative estimate of drug-likeness (QED) is 0.830. The van der Waals surface area contributed by atoms with Crippen LogP contribution in [0, 0.1) is 0 Å². The Morgan fingerprint density at radius 1 is 1.08 bits per heavy atom. The molecule has 25 heavy (non-hydrogen) atoms. The molecule has 0 atom stereocenters. The predicted molar refractivity (Wildman–Crippen MR) is 89.7 cm³/mol. The second-order valence-corrected chi connectivity index (χ2v) is 5.38. The van der Waals surface area contributed by atoms with Crippen molar-refractivity contribution in [2.45, 2.75) is 6.54 Å². The fraction of sp³-hybridized carbons (Fsp3) is 0.222. The SMILES string of the molecule is COc1cccc(C(=O)NCC(=O)NCc2ccc3c(c2)OCO3)c1. The normalized spacial score (nSPS) is 11.7. The molecule has 0 bridgehead atoms. The number of methoxy groups -OCH3 is 1. The van der Waals surface area contributed by atoms with E-state index in [1.165, 1.54) is 7.11 Å². The molecule has 1 aliphatic rings. The minimum absolute atomic E-state index is 0.111. The van der Waals surface area contributed by atoms with Gasteiger partial charge in [-0.3, -0.25) is 9.59 Å². The van der Waals surface area contributed by atoms with Crippen molar-refractivity contribution < 1.29 is 23.8 Å². The average Bonchev–Trinajstić information content (AvgIpc) is 3.12. The van der Waals surface area contributed by atoms with Crippen LogP contribution in [0.3, 0.4) is 0 Å².